The number of morpholine rings is 1. The van der Waals surface area contributed by atoms with Crippen LogP contribution in [0.1, 0.15) is 15.9 Å². The number of benzene rings is 2. The van der Waals surface area contributed by atoms with Crippen LogP contribution in [0.4, 0.5) is 18.3 Å². The Hall–Kier alpha value is -3.44. The summed E-state index contributed by atoms with van der Waals surface area (Å²) >= 11 is 1.27. The average Bonchev–Trinajstić information content (AvgIpc) is 3.46. The molecule has 2 aromatic heterocycles. The molecule has 1 fully saturated rings. The SMILES string of the molecule is O=C(Nc1nccs1)c1cccc2c1nc(-c1ccccc1C(F)(F)F)n2N1CCOCC1. The van der Waals surface area contributed by atoms with Crippen LogP contribution < -0.4 is 10.3 Å². The fourth-order valence-corrected chi connectivity index (χ4v) is 4.38. The van der Waals surface area contributed by atoms with Crippen molar-refractivity contribution in [1.29, 1.82) is 0 Å². The van der Waals surface area contributed by atoms with Gasteiger partial charge < -0.3 is 9.75 Å². The lowest BCUT2D eigenvalue weighted by molar-refractivity contribution is -0.137. The number of aromatic nitrogens is 3. The summed E-state index contributed by atoms with van der Waals surface area (Å²) in [5.41, 5.74) is 0.253. The highest BCUT2D eigenvalue weighted by molar-refractivity contribution is 7.13. The Morgan fingerprint density at radius 2 is 1.88 bits per heavy atom. The predicted molar refractivity (Wildman–Crippen MR) is 119 cm³/mol. The first-order valence-corrected chi connectivity index (χ1v) is 11.0. The molecule has 5 rings (SSSR count). The number of thiazole rings is 1. The summed E-state index contributed by atoms with van der Waals surface area (Å²) in [7, 11) is 0. The molecule has 3 heterocycles. The van der Waals surface area contributed by atoms with Gasteiger partial charge in [-0.2, -0.15) is 13.2 Å². The highest BCUT2D eigenvalue weighted by Crippen LogP contribution is 2.38. The van der Waals surface area contributed by atoms with E-state index in [9.17, 15) is 18.0 Å². The van der Waals surface area contributed by atoms with Crippen molar-refractivity contribution in [2.24, 2.45) is 0 Å². The van der Waals surface area contributed by atoms with Gasteiger partial charge in [0.1, 0.15) is 5.52 Å². The van der Waals surface area contributed by atoms with Crippen molar-refractivity contribution in [3.63, 3.8) is 0 Å². The Balaban J connectivity index is 1.71. The van der Waals surface area contributed by atoms with E-state index in [1.165, 1.54) is 23.5 Å². The standard InChI is InChI=1S/C22H18F3N5O2S/c23-22(24,25)16-6-2-1-4-14(16)19-27-18-15(20(31)28-21-26-8-13-33-21)5-3-7-17(18)30(19)29-9-11-32-12-10-29/h1-8,13H,9-12H2,(H,26,28,31). The van der Waals surface area contributed by atoms with Gasteiger partial charge in [0.25, 0.3) is 5.91 Å². The van der Waals surface area contributed by atoms with Gasteiger partial charge >= 0.3 is 6.18 Å². The van der Waals surface area contributed by atoms with Crippen molar-refractivity contribution in [1.82, 2.24) is 14.6 Å². The molecule has 0 spiro atoms. The first-order valence-electron chi connectivity index (χ1n) is 10.2. The van der Waals surface area contributed by atoms with E-state index >= 15 is 0 Å². The minimum Gasteiger partial charge on any atom is -0.378 e. The number of hydrogen-bond donors (Lipinski definition) is 1. The zero-order valence-electron chi connectivity index (χ0n) is 17.2. The minimum atomic E-state index is -4.56. The third-order valence-electron chi connectivity index (χ3n) is 5.30. The molecular formula is C22H18F3N5O2S. The molecule has 7 nitrogen and oxygen atoms in total. The number of ether oxygens (including phenoxy) is 1. The van der Waals surface area contributed by atoms with E-state index in [1.54, 1.807) is 40.5 Å². The first kappa shape index (κ1) is 21.4. The Kier molecular flexibility index (Phi) is 5.51. The quantitative estimate of drug-likeness (QED) is 0.476. The van der Waals surface area contributed by atoms with Gasteiger partial charge in [0.2, 0.25) is 0 Å². The van der Waals surface area contributed by atoms with E-state index in [0.717, 1.165) is 6.07 Å². The van der Waals surface area contributed by atoms with Crippen LogP contribution in [0.15, 0.2) is 54.0 Å². The molecule has 1 aliphatic heterocycles. The van der Waals surface area contributed by atoms with E-state index in [2.05, 4.69) is 15.3 Å². The van der Waals surface area contributed by atoms with Crippen LogP contribution in [0.25, 0.3) is 22.4 Å². The Labute approximate surface area is 190 Å². The van der Waals surface area contributed by atoms with Gasteiger partial charge in [-0.1, -0.05) is 24.3 Å². The topological polar surface area (TPSA) is 72.3 Å². The van der Waals surface area contributed by atoms with Gasteiger partial charge in [-0.25, -0.2) is 14.6 Å². The molecule has 0 unspecified atom stereocenters. The summed E-state index contributed by atoms with van der Waals surface area (Å²) in [6, 6.07) is 10.4. The van der Waals surface area contributed by atoms with Crippen LogP contribution >= 0.6 is 11.3 Å². The monoisotopic (exact) mass is 473 g/mol. The number of imidazole rings is 1. The number of fused-ring (bicyclic) bond motifs is 1. The van der Waals surface area contributed by atoms with Gasteiger partial charge in [0, 0.05) is 17.1 Å². The summed E-state index contributed by atoms with van der Waals surface area (Å²) in [5.74, 6) is -0.313. The molecule has 33 heavy (non-hydrogen) atoms. The van der Waals surface area contributed by atoms with E-state index in [4.69, 9.17) is 4.74 Å². The molecule has 11 heteroatoms. The van der Waals surface area contributed by atoms with Gasteiger partial charge in [-0.05, 0) is 18.2 Å². The lowest BCUT2D eigenvalue weighted by atomic mass is 10.1. The van der Waals surface area contributed by atoms with Crippen LogP contribution in [-0.2, 0) is 10.9 Å². The number of halogens is 3. The first-order chi connectivity index (χ1) is 15.9. The van der Waals surface area contributed by atoms with E-state index < -0.39 is 17.6 Å². The summed E-state index contributed by atoms with van der Waals surface area (Å²) in [5, 5.41) is 6.77. The third-order valence-corrected chi connectivity index (χ3v) is 5.99. The number of carbonyl (C=O) groups is 1. The molecule has 2 aromatic carbocycles. The van der Waals surface area contributed by atoms with Gasteiger partial charge in [-0.15, -0.1) is 11.3 Å². The second-order valence-electron chi connectivity index (χ2n) is 7.32. The number of nitrogens with zero attached hydrogens (tertiary/aromatic N) is 4. The van der Waals surface area contributed by atoms with Crippen LogP contribution in [0.5, 0.6) is 0 Å². The second-order valence-corrected chi connectivity index (χ2v) is 8.22. The number of rotatable bonds is 4. The molecule has 0 aliphatic carbocycles. The molecule has 4 aromatic rings. The number of alkyl halides is 3. The minimum absolute atomic E-state index is 0.0565. The van der Waals surface area contributed by atoms with Gasteiger partial charge in [0.05, 0.1) is 42.9 Å². The normalized spacial score (nSPS) is 14.6. The summed E-state index contributed by atoms with van der Waals surface area (Å²) in [6.07, 6.45) is -2.99. The van der Waals surface area contributed by atoms with E-state index in [-0.39, 0.29) is 17.0 Å². The zero-order chi connectivity index (χ0) is 23.0. The van der Waals surface area contributed by atoms with Crippen LogP contribution in [0, 0.1) is 0 Å². The fourth-order valence-electron chi connectivity index (χ4n) is 3.86. The van der Waals surface area contributed by atoms with Crippen molar-refractivity contribution in [3.05, 3.63) is 65.2 Å². The summed E-state index contributed by atoms with van der Waals surface area (Å²) in [6.45, 7) is 1.82. The number of anilines is 1. The number of nitrogens with one attached hydrogen (secondary N) is 1. The van der Waals surface area contributed by atoms with Gasteiger partial charge in [0.15, 0.2) is 11.0 Å². The number of para-hydroxylation sites is 1. The third kappa shape index (κ3) is 4.05. The van der Waals surface area contributed by atoms with E-state index in [1.807, 2.05) is 5.01 Å². The highest BCUT2D eigenvalue weighted by Gasteiger charge is 2.35. The Bertz CT molecular complexity index is 1300. The molecule has 0 atom stereocenters. The molecular weight excluding hydrogens is 455 g/mol. The summed E-state index contributed by atoms with van der Waals surface area (Å²) < 4.78 is 48.6. The lowest BCUT2D eigenvalue weighted by Gasteiger charge is -2.31. The largest absolute Gasteiger partial charge is 0.417 e. The molecule has 0 radical (unpaired) electrons. The van der Waals surface area contributed by atoms with Crippen molar-refractivity contribution >= 4 is 33.4 Å². The summed E-state index contributed by atoms with van der Waals surface area (Å²) in [4.78, 5) is 21.6. The molecule has 0 saturated carbocycles. The Morgan fingerprint density at radius 3 is 2.61 bits per heavy atom. The number of hydrogen-bond acceptors (Lipinski definition) is 6. The van der Waals surface area contributed by atoms with Crippen molar-refractivity contribution < 1.29 is 22.7 Å². The number of amides is 1. The zero-order valence-corrected chi connectivity index (χ0v) is 18.0. The molecule has 170 valence electrons. The van der Waals surface area contributed by atoms with Crippen molar-refractivity contribution in [3.8, 4) is 11.4 Å². The van der Waals surface area contributed by atoms with Gasteiger partial charge in [-0.3, -0.25) is 10.1 Å². The second kappa shape index (κ2) is 8.49. The molecule has 1 saturated heterocycles. The van der Waals surface area contributed by atoms with Crippen molar-refractivity contribution in [2.45, 2.75) is 6.18 Å². The molecule has 1 aliphatic rings. The van der Waals surface area contributed by atoms with Crippen LogP contribution in [-0.4, -0.2) is 46.9 Å². The Morgan fingerprint density at radius 1 is 1.09 bits per heavy atom. The predicted octanol–water partition coefficient (Wildman–Crippen LogP) is 4.40. The maximum absolute atomic E-state index is 13.8. The maximum Gasteiger partial charge on any atom is 0.417 e. The highest BCUT2D eigenvalue weighted by atomic mass is 32.1. The van der Waals surface area contributed by atoms with Crippen LogP contribution in [0.3, 0.4) is 0 Å². The maximum atomic E-state index is 13.8. The average molecular weight is 473 g/mol. The van der Waals surface area contributed by atoms with E-state index in [0.29, 0.717) is 42.5 Å². The fraction of sp³-hybridized carbons (Fsp3) is 0.227. The molecule has 1 amide bonds. The van der Waals surface area contributed by atoms with Crippen LogP contribution in [0.2, 0.25) is 0 Å². The molecule has 0 bridgehead atoms. The molecule has 1 N–H and O–H groups in total. The lowest BCUT2D eigenvalue weighted by Crippen LogP contribution is -2.44. The smallest absolute Gasteiger partial charge is 0.378 e. The van der Waals surface area contributed by atoms with Crippen molar-refractivity contribution in [2.75, 3.05) is 36.6 Å². The number of carbonyl (C=O) groups excluding carboxylic acids is 1.